The molecule has 0 aromatic heterocycles. The van der Waals surface area contributed by atoms with Crippen molar-refractivity contribution in [3.8, 4) is 0 Å². The van der Waals surface area contributed by atoms with Crippen LogP contribution in [0.2, 0.25) is 0 Å². The number of hydrogen-bond donors (Lipinski definition) is 4. The molecule has 0 spiro atoms. The molecule has 0 unspecified atom stereocenters. The lowest BCUT2D eigenvalue weighted by Gasteiger charge is -2.22. The van der Waals surface area contributed by atoms with Gasteiger partial charge in [-0.1, -0.05) is 0 Å². The van der Waals surface area contributed by atoms with Crippen molar-refractivity contribution in [1.29, 1.82) is 0 Å². The Labute approximate surface area is 106 Å². The Morgan fingerprint density at radius 2 is 2.06 bits per heavy atom. The fourth-order valence-electron chi connectivity index (χ4n) is 1.68. The predicted molar refractivity (Wildman–Crippen MR) is 63.1 cm³/mol. The maximum Gasteiger partial charge on any atom is 0.332 e. The van der Waals surface area contributed by atoms with E-state index in [2.05, 4.69) is 10.6 Å². The minimum absolute atomic E-state index is 0.00553. The van der Waals surface area contributed by atoms with Gasteiger partial charge in [0.15, 0.2) is 6.10 Å². The first-order chi connectivity index (χ1) is 8.59. The molecule has 4 N–H and O–H groups in total. The number of carboxylic acids is 1. The van der Waals surface area contributed by atoms with Gasteiger partial charge in [0.25, 0.3) is 0 Å². The van der Waals surface area contributed by atoms with E-state index in [0.29, 0.717) is 0 Å². The maximum absolute atomic E-state index is 11.4. The molecule has 1 aliphatic heterocycles. The number of aliphatic carboxylic acids is 1. The Balaban J connectivity index is 2.04. The van der Waals surface area contributed by atoms with Crippen LogP contribution in [-0.2, 0) is 14.3 Å². The number of piperidine rings is 1. The number of carbonyl (C=O) groups excluding carboxylic acids is 1. The molecule has 0 aromatic rings. The number of carboxylic acid groups (broad SMARTS) is 1. The fraction of sp³-hybridized carbons (Fsp3) is 0.818. The van der Waals surface area contributed by atoms with Gasteiger partial charge in [-0.3, -0.25) is 4.79 Å². The van der Waals surface area contributed by atoms with E-state index in [1.54, 1.807) is 0 Å². The van der Waals surface area contributed by atoms with Gasteiger partial charge in [-0.25, -0.2) is 4.79 Å². The summed E-state index contributed by atoms with van der Waals surface area (Å²) < 4.78 is 5.42. The molecule has 1 amide bonds. The summed E-state index contributed by atoms with van der Waals surface area (Å²) in [6, 6.07) is 0. The molecule has 18 heavy (non-hydrogen) atoms. The van der Waals surface area contributed by atoms with Crippen LogP contribution >= 0.6 is 0 Å². The average molecular weight is 260 g/mol. The molecule has 0 saturated carbocycles. The molecule has 0 radical (unpaired) electrons. The van der Waals surface area contributed by atoms with E-state index >= 15 is 0 Å². The highest BCUT2D eigenvalue weighted by molar-refractivity contribution is 5.77. The second-order valence-corrected chi connectivity index (χ2v) is 4.25. The highest BCUT2D eigenvalue weighted by Gasteiger charge is 2.15. The number of aliphatic hydroxyl groups excluding tert-OH is 1. The standard InChI is InChI=1S/C11H20N2O5/c14-9(11(16)17)3-6-13-10(15)7-18-8-1-4-12-5-2-8/h8-9,12,14H,1-7H2,(H,13,15)(H,16,17)/t9-/m0/s1. The van der Waals surface area contributed by atoms with Crippen molar-refractivity contribution in [3.63, 3.8) is 0 Å². The predicted octanol–water partition coefficient (Wildman–Crippen LogP) is -1.29. The zero-order valence-electron chi connectivity index (χ0n) is 10.2. The third-order valence-electron chi connectivity index (χ3n) is 2.76. The Morgan fingerprint density at radius 1 is 1.39 bits per heavy atom. The second-order valence-electron chi connectivity index (χ2n) is 4.25. The number of hydrogen-bond acceptors (Lipinski definition) is 5. The molecule has 0 aliphatic carbocycles. The summed E-state index contributed by atoms with van der Waals surface area (Å²) in [7, 11) is 0. The Kier molecular flexibility index (Phi) is 6.63. The number of carbonyl (C=O) groups is 2. The molecule has 1 aliphatic rings. The average Bonchev–Trinajstić information content (AvgIpc) is 2.37. The van der Waals surface area contributed by atoms with Gasteiger partial charge in [0.05, 0.1) is 6.10 Å². The third kappa shape index (κ3) is 5.95. The second kappa shape index (κ2) is 8.02. The van der Waals surface area contributed by atoms with E-state index in [9.17, 15) is 9.59 Å². The summed E-state index contributed by atoms with van der Waals surface area (Å²) in [5.41, 5.74) is 0. The van der Waals surface area contributed by atoms with Crippen LogP contribution < -0.4 is 10.6 Å². The first-order valence-corrected chi connectivity index (χ1v) is 6.09. The van der Waals surface area contributed by atoms with E-state index in [1.807, 2.05) is 0 Å². The molecular weight excluding hydrogens is 240 g/mol. The highest BCUT2D eigenvalue weighted by Crippen LogP contribution is 2.06. The molecular formula is C11H20N2O5. The van der Waals surface area contributed by atoms with Crippen LogP contribution in [0.5, 0.6) is 0 Å². The molecule has 1 atom stereocenters. The van der Waals surface area contributed by atoms with Gasteiger partial charge in [-0.05, 0) is 25.9 Å². The summed E-state index contributed by atoms with van der Waals surface area (Å²) in [6.07, 6.45) is 0.460. The lowest BCUT2D eigenvalue weighted by molar-refractivity contribution is -0.147. The minimum atomic E-state index is -1.43. The van der Waals surface area contributed by atoms with E-state index in [4.69, 9.17) is 14.9 Å². The van der Waals surface area contributed by atoms with Gasteiger partial charge in [0, 0.05) is 13.0 Å². The van der Waals surface area contributed by atoms with Gasteiger partial charge >= 0.3 is 5.97 Å². The van der Waals surface area contributed by atoms with E-state index in [-0.39, 0.29) is 31.6 Å². The lowest BCUT2D eigenvalue weighted by atomic mass is 10.1. The molecule has 1 heterocycles. The zero-order valence-corrected chi connectivity index (χ0v) is 10.2. The quantitative estimate of drug-likeness (QED) is 0.453. The topological polar surface area (TPSA) is 108 Å². The van der Waals surface area contributed by atoms with E-state index in [1.165, 1.54) is 0 Å². The lowest BCUT2D eigenvalue weighted by Crippen LogP contribution is -2.36. The van der Waals surface area contributed by atoms with Crippen LogP contribution in [0.4, 0.5) is 0 Å². The van der Waals surface area contributed by atoms with Crippen LogP contribution in [0.15, 0.2) is 0 Å². The van der Waals surface area contributed by atoms with E-state index in [0.717, 1.165) is 25.9 Å². The molecule has 7 nitrogen and oxygen atoms in total. The fourth-order valence-corrected chi connectivity index (χ4v) is 1.68. The summed E-state index contributed by atoms with van der Waals surface area (Å²) in [6.45, 7) is 1.91. The van der Waals surface area contributed by atoms with Crippen LogP contribution in [-0.4, -0.2) is 60.5 Å². The monoisotopic (exact) mass is 260 g/mol. The first kappa shape index (κ1) is 14.9. The maximum atomic E-state index is 11.4. The largest absolute Gasteiger partial charge is 0.479 e. The molecule has 104 valence electrons. The van der Waals surface area contributed by atoms with Crippen LogP contribution in [0.1, 0.15) is 19.3 Å². The Hall–Kier alpha value is -1.18. The first-order valence-electron chi connectivity index (χ1n) is 6.09. The van der Waals surface area contributed by atoms with Gasteiger partial charge in [0.1, 0.15) is 6.61 Å². The summed E-state index contributed by atoms with van der Waals surface area (Å²) >= 11 is 0. The smallest absolute Gasteiger partial charge is 0.332 e. The van der Waals surface area contributed by atoms with Gasteiger partial charge in [-0.2, -0.15) is 0 Å². The molecule has 1 fully saturated rings. The van der Waals surface area contributed by atoms with Crippen molar-refractivity contribution < 1.29 is 24.5 Å². The van der Waals surface area contributed by atoms with Crippen molar-refractivity contribution in [2.24, 2.45) is 0 Å². The van der Waals surface area contributed by atoms with Crippen molar-refractivity contribution >= 4 is 11.9 Å². The summed E-state index contributed by atoms with van der Waals surface area (Å²) in [5, 5.41) is 23.1. The van der Waals surface area contributed by atoms with Gasteiger partial charge in [-0.15, -0.1) is 0 Å². The third-order valence-corrected chi connectivity index (χ3v) is 2.76. The van der Waals surface area contributed by atoms with Crippen molar-refractivity contribution in [2.75, 3.05) is 26.2 Å². The van der Waals surface area contributed by atoms with Crippen molar-refractivity contribution in [3.05, 3.63) is 0 Å². The molecule has 0 bridgehead atoms. The van der Waals surface area contributed by atoms with E-state index < -0.39 is 12.1 Å². The Morgan fingerprint density at radius 3 is 2.67 bits per heavy atom. The Bertz CT molecular complexity index is 279. The van der Waals surface area contributed by atoms with Gasteiger partial charge < -0.3 is 25.6 Å². The molecule has 1 rings (SSSR count). The van der Waals surface area contributed by atoms with Crippen LogP contribution in [0.25, 0.3) is 0 Å². The molecule has 0 aromatic carbocycles. The van der Waals surface area contributed by atoms with Crippen molar-refractivity contribution in [1.82, 2.24) is 10.6 Å². The zero-order chi connectivity index (χ0) is 13.4. The normalized spacial score (nSPS) is 18.3. The number of rotatable bonds is 7. The summed E-state index contributed by atoms with van der Waals surface area (Å²) in [5.74, 6) is -1.57. The SMILES string of the molecule is O=C(COC1CCNCC1)NCC[C@H](O)C(=O)O. The van der Waals surface area contributed by atoms with Crippen molar-refractivity contribution in [2.45, 2.75) is 31.5 Å². The number of aliphatic hydroxyl groups is 1. The molecule has 1 saturated heterocycles. The van der Waals surface area contributed by atoms with Crippen LogP contribution in [0.3, 0.4) is 0 Å². The molecule has 7 heteroatoms. The van der Waals surface area contributed by atoms with Crippen LogP contribution in [0, 0.1) is 0 Å². The highest BCUT2D eigenvalue weighted by atomic mass is 16.5. The van der Waals surface area contributed by atoms with Gasteiger partial charge in [0.2, 0.25) is 5.91 Å². The minimum Gasteiger partial charge on any atom is -0.479 e. The number of ether oxygens (including phenoxy) is 1. The number of nitrogens with one attached hydrogen (secondary N) is 2. The number of amides is 1. The summed E-state index contributed by atoms with van der Waals surface area (Å²) in [4.78, 5) is 21.7.